The van der Waals surface area contributed by atoms with Gasteiger partial charge in [0.25, 0.3) is 0 Å². The lowest BCUT2D eigenvalue weighted by Gasteiger charge is -2.30. The van der Waals surface area contributed by atoms with E-state index in [-0.39, 0.29) is 6.04 Å². The monoisotopic (exact) mass is 214 g/mol. The molecular weight excluding hydrogens is 192 g/mol. The first kappa shape index (κ1) is 12.5. The van der Waals surface area contributed by atoms with Gasteiger partial charge in [-0.1, -0.05) is 6.92 Å². The quantitative estimate of drug-likeness (QED) is 0.730. The molecule has 0 aliphatic carbocycles. The standard InChI is InChI=1S/C11H22N2O2/c1-8-4-5-13(7-8)9(2)6-11(3,12)10(14)15/h8-9H,4-7,12H2,1-3H3,(H,14,15). The fourth-order valence-corrected chi connectivity index (χ4v) is 2.20. The predicted molar refractivity (Wildman–Crippen MR) is 59.7 cm³/mol. The van der Waals surface area contributed by atoms with Crippen molar-refractivity contribution in [3.63, 3.8) is 0 Å². The van der Waals surface area contributed by atoms with Crippen molar-refractivity contribution in [1.29, 1.82) is 0 Å². The van der Waals surface area contributed by atoms with Crippen LogP contribution in [0.1, 0.15) is 33.6 Å². The zero-order valence-electron chi connectivity index (χ0n) is 9.86. The molecule has 15 heavy (non-hydrogen) atoms. The summed E-state index contributed by atoms with van der Waals surface area (Å²) in [5, 5.41) is 8.94. The Balaban J connectivity index is 2.48. The van der Waals surface area contributed by atoms with E-state index in [1.165, 1.54) is 6.42 Å². The number of hydrogen-bond acceptors (Lipinski definition) is 3. The van der Waals surface area contributed by atoms with Gasteiger partial charge in [-0.2, -0.15) is 0 Å². The molecule has 0 aromatic heterocycles. The highest BCUT2D eigenvalue weighted by molar-refractivity contribution is 5.77. The maximum atomic E-state index is 10.9. The third-order valence-corrected chi connectivity index (χ3v) is 3.29. The van der Waals surface area contributed by atoms with E-state index in [0.717, 1.165) is 19.0 Å². The van der Waals surface area contributed by atoms with Crippen molar-refractivity contribution in [1.82, 2.24) is 4.90 Å². The molecule has 3 unspecified atom stereocenters. The molecule has 0 amide bonds. The summed E-state index contributed by atoms with van der Waals surface area (Å²) >= 11 is 0. The van der Waals surface area contributed by atoms with Crippen LogP contribution in [0, 0.1) is 5.92 Å². The molecule has 1 fully saturated rings. The number of nitrogens with two attached hydrogens (primary N) is 1. The second-order valence-corrected chi connectivity index (χ2v) is 5.16. The molecule has 0 aromatic rings. The summed E-state index contributed by atoms with van der Waals surface area (Å²) in [6.45, 7) is 8.01. The highest BCUT2D eigenvalue weighted by Gasteiger charge is 2.33. The third-order valence-electron chi connectivity index (χ3n) is 3.29. The van der Waals surface area contributed by atoms with Crippen LogP contribution in [0.4, 0.5) is 0 Å². The topological polar surface area (TPSA) is 66.6 Å². The van der Waals surface area contributed by atoms with Crippen molar-refractivity contribution >= 4 is 5.97 Å². The SMILES string of the molecule is CC1CCN(C(C)CC(C)(N)C(=O)O)C1. The molecule has 0 bridgehead atoms. The number of hydrogen-bond donors (Lipinski definition) is 2. The first-order valence-corrected chi connectivity index (χ1v) is 5.59. The Hall–Kier alpha value is -0.610. The molecule has 4 heteroatoms. The highest BCUT2D eigenvalue weighted by atomic mass is 16.4. The van der Waals surface area contributed by atoms with Gasteiger partial charge < -0.3 is 15.7 Å². The van der Waals surface area contributed by atoms with Crippen LogP contribution >= 0.6 is 0 Å². The van der Waals surface area contributed by atoms with Gasteiger partial charge in [-0.25, -0.2) is 0 Å². The summed E-state index contributed by atoms with van der Waals surface area (Å²) in [6, 6.07) is 0.251. The van der Waals surface area contributed by atoms with Crippen molar-refractivity contribution in [3.8, 4) is 0 Å². The van der Waals surface area contributed by atoms with Crippen LogP contribution in [-0.2, 0) is 4.79 Å². The molecule has 1 heterocycles. The van der Waals surface area contributed by atoms with Crippen LogP contribution in [0.5, 0.6) is 0 Å². The maximum Gasteiger partial charge on any atom is 0.323 e. The van der Waals surface area contributed by atoms with Gasteiger partial charge in [0.2, 0.25) is 0 Å². The molecule has 1 rings (SSSR count). The van der Waals surface area contributed by atoms with Crippen LogP contribution in [0.25, 0.3) is 0 Å². The Labute approximate surface area is 91.4 Å². The number of nitrogens with zero attached hydrogens (tertiary/aromatic N) is 1. The number of carbonyl (C=O) groups is 1. The van der Waals surface area contributed by atoms with E-state index in [4.69, 9.17) is 10.8 Å². The van der Waals surface area contributed by atoms with E-state index < -0.39 is 11.5 Å². The average Bonchev–Trinajstić information content (AvgIpc) is 2.50. The minimum Gasteiger partial charge on any atom is -0.480 e. The first-order chi connectivity index (χ1) is 6.83. The number of rotatable bonds is 4. The lowest BCUT2D eigenvalue weighted by atomic mass is 9.94. The van der Waals surface area contributed by atoms with Crippen molar-refractivity contribution in [3.05, 3.63) is 0 Å². The largest absolute Gasteiger partial charge is 0.480 e. The Morgan fingerprint density at radius 3 is 2.73 bits per heavy atom. The van der Waals surface area contributed by atoms with E-state index in [0.29, 0.717) is 6.42 Å². The highest BCUT2D eigenvalue weighted by Crippen LogP contribution is 2.22. The fourth-order valence-electron chi connectivity index (χ4n) is 2.20. The summed E-state index contributed by atoms with van der Waals surface area (Å²) in [5.41, 5.74) is 4.63. The molecule has 4 nitrogen and oxygen atoms in total. The molecule has 3 atom stereocenters. The summed E-state index contributed by atoms with van der Waals surface area (Å²) < 4.78 is 0. The van der Waals surface area contributed by atoms with Gasteiger partial charge >= 0.3 is 5.97 Å². The lowest BCUT2D eigenvalue weighted by molar-refractivity contribution is -0.143. The van der Waals surface area contributed by atoms with Gasteiger partial charge in [0, 0.05) is 12.6 Å². The third kappa shape index (κ3) is 3.18. The smallest absolute Gasteiger partial charge is 0.323 e. The van der Waals surface area contributed by atoms with Gasteiger partial charge in [-0.3, -0.25) is 4.79 Å². The van der Waals surface area contributed by atoms with Gasteiger partial charge in [-0.05, 0) is 39.2 Å². The molecule has 0 radical (unpaired) electrons. The molecule has 1 aliphatic heterocycles. The molecular formula is C11H22N2O2. The zero-order chi connectivity index (χ0) is 11.6. The number of carboxylic acids is 1. The van der Waals surface area contributed by atoms with Gasteiger partial charge in [-0.15, -0.1) is 0 Å². The van der Waals surface area contributed by atoms with Gasteiger partial charge in [0.1, 0.15) is 5.54 Å². The average molecular weight is 214 g/mol. The molecule has 3 N–H and O–H groups in total. The van der Waals surface area contributed by atoms with Crippen LogP contribution in [0.2, 0.25) is 0 Å². The minimum atomic E-state index is -1.11. The zero-order valence-corrected chi connectivity index (χ0v) is 9.86. The predicted octanol–water partition coefficient (Wildman–Crippen LogP) is 0.909. The Morgan fingerprint density at radius 1 is 1.73 bits per heavy atom. The van der Waals surface area contributed by atoms with E-state index in [1.807, 2.05) is 0 Å². The summed E-state index contributed by atoms with van der Waals surface area (Å²) in [6.07, 6.45) is 1.72. The fraction of sp³-hybridized carbons (Fsp3) is 0.909. The van der Waals surface area contributed by atoms with Crippen LogP contribution in [-0.4, -0.2) is 40.6 Å². The molecule has 1 aliphatic rings. The molecule has 1 saturated heterocycles. The van der Waals surface area contributed by atoms with Crippen LogP contribution in [0.15, 0.2) is 0 Å². The van der Waals surface area contributed by atoms with Crippen molar-refractivity contribution in [2.45, 2.75) is 45.2 Å². The first-order valence-electron chi connectivity index (χ1n) is 5.59. The normalized spacial score (nSPS) is 28.7. The van der Waals surface area contributed by atoms with Gasteiger partial charge in [0.15, 0.2) is 0 Å². The van der Waals surface area contributed by atoms with Gasteiger partial charge in [0.05, 0.1) is 0 Å². The molecule has 0 saturated carbocycles. The second kappa shape index (κ2) is 4.49. The Morgan fingerprint density at radius 2 is 2.33 bits per heavy atom. The minimum absolute atomic E-state index is 0.251. The van der Waals surface area contributed by atoms with Crippen molar-refractivity contribution in [2.75, 3.05) is 13.1 Å². The van der Waals surface area contributed by atoms with Crippen LogP contribution < -0.4 is 5.73 Å². The van der Waals surface area contributed by atoms with E-state index in [2.05, 4.69) is 18.7 Å². The summed E-state index contributed by atoms with van der Waals surface area (Å²) in [7, 11) is 0. The summed E-state index contributed by atoms with van der Waals surface area (Å²) in [5.74, 6) is -0.192. The number of aliphatic carboxylic acids is 1. The lowest BCUT2D eigenvalue weighted by Crippen LogP contribution is -2.49. The molecule has 0 aromatic carbocycles. The number of carboxylic acid groups (broad SMARTS) is 1. The van der Waals surface area contributed by atoms with Crippen molar-refractivity contribution < 1.29 is 9.90 Å². The summed E-state index contributed by atoms with van der Waals surface area (Å²) in [4.78, 5) is 13.2. The Bertz CT molecular complexity index is 241. The molecule has 0 spiro atoms. The molecule has 88 valence electrons. The number of likely N-dealkylation sites (tertiary alicyclic amines) is 1. The maximum absolute atomic E-state index is 10.9. The van der Waals surface area contributed by atoms with Crippen LogP contribution in [0.3, 0.4) is 0 Å². The van der Waals surface area contributed by atoms with E-state index in [1.54, 1.807) is 6.92 Å². The van der Waals surface area contributed by atoms with Crippen molar-refractivity contribution in [2.24, 2.45) is 11.7 Å². The van der Waals surface area contributed by atoms with E-state index >= 15 is 0 Å². The second-order valence-electron chi connectivity index (χ2n) is 5.16. The Kier molecular flexibility index (Phi) is 3.73. The van der Waals surface area contributed by atoms with E-state index in [9.17, 15) is 4.79 Å².